The van der Waals surface area contributed by atoms with Gasteiger partial charge in [0.05, 0.1) is 11.1 Å². The molecular formula is C16H19N3O5. The first-order valence-corrected chi connectivity index (χ1v) is 7.60. The van der Waals surface area contributed by atoms with Crippen molar-refractivity contribution in [2.45, 2.75) is 32.7 Å². The van der Waals surface area contributed by atoms with Crippen LogP contribution in [0, 0.1) is 0 Å². The number of hydrogen-bond donors (Lipinski definition) is 3. The summed E-state index contributed by atoms with van der Waals surface area (Å²) in [6.45, 7) is 3.73. The number of carboxylic acids is 1. The number of carbonyl (C=O) groups excluding carboxylic acids is 3. The van der Waals surface area contributed by atoms with E-state index in [4.69, 9.17) is 5.11 Å². The summed E-state index contributed by atoms with van der Waals surface area (Å²) in [5.41, 5.74) is 0.967. The maximum absolute atomic E-state index is 12.3. The van der Waals surface area contributed by atoms with Crippen LogP contribution in [-0.2, 0) is 4.79 Å². The van der Waals surface area contributed by atoms with Crippen LogP contribution in [0.2, 0.25) is 0 Å². The Morgan fingerprint density at radius 1 is 1.17 bits per heavy atom. The largest absolute Gasteiger partial charge is 0.481 e. The molecule has 2 rings (SSSR count). The topological polar surface area (TPSA) is 116 Å². The van der Waals surface area contributed by atoms with Crippen molar-refractivity contribution in [2.75, 3.05) is 11.9 Å². The first kappa shape index (κ1) is 17.5. The van der Waals surface area contributed by atoms with Crippen LogP contribution in [0.3, 0.4) is 0 Å². The number of aliphatic carboxylic acids is 1. The lowest BCUT2D eigenvalue weighted by Gasteiger charge is -2.17. The summed E-state index contributed by atoms with van der Waals surface area (Å²) in [6.07, 6.45) is 0.296. The van der Waals surface area contributed by atoms with Gasteiger partial charge in [0.25, 0.3) is 11.8 Å². The van der Waals surface area contributed by atoms with Gasteiger partial charge in [-0.05, 0) is 38.5 Å². The molecule has 1 aromatic carbocycles. The van der Waals surface area contributed by atoms with E-state index in [1.165, 1.54) is 17.0 Å². The number of hydrogen-bond acceptors (Lipinski definition) is 4. The molecule has 1 aromatic rings. The lowest BCUT2D eigenvalue weighted by atomic mass is 10.1. The molecular weight excluding hydrogens is 314 g/mol. The fourth-order valence-corrected chi connectivity index (χ4v) is 2.42. The highest BCUT2D eigenvalue weighted by Gasteiger charge is 2.37. The van der Waals surface area contributed by atoms with Crippen molar-refractivity contribution in [3.63, 3.8) is 0 Å². The number of benzene rings is 1. The van der Waals surface area contributed by atoms with Crippen molar-refractivity contribution < 1.29 is 24.3 Å². The molecule has 4 amide bonds. The standard InChI is InChI=1S/C16H19N3O5/c1-9(2)19-14(22)11-6-5-10(8-12(11)15(19)23)18-16(24)17-7-3-4-13(20)21/h5-6,8-9H,3-4,7H2,1-2H3,(H,20,21)(H2,17,18,24). The maximum Gasteiger partial charge on any atom is 0.319 e. The lowest BCUT2D eigenvalue weighted by Crippen LogP contribution is -2.35. The third-order valence-electron chi connectivity index (χ3n) is 3.55. The van der Waals surface area contributed by atoms with Crippen LogP contribution >= 0.6 is 0 Å². The summed E-state index contributed by atoms with van der Waals surface area (Å²) in [5, 5.41) is 13.6. The Kier molecular flexibility index (Phi) is 5.18. The molecule has 0 aliphatic carbocycles. The number of anilines is 1. The van der Waals surface area contributed by atoms with E-state index in [2.05, 4.69) is 10.6 Å². The molecule has 0 atom stereocenters. The van der Waals surface area contributed by atoms with Gasteiger partial charge >= 0.3 is 12.0 Å². The van der Waals surface area contributed by atoms with Gasteiger partial charge < -0.3 is 15.7 Å². The Morgan fingerprint density at radius 2 is 1.83 bits per heavy atom. The number of nitrogens with one attached hydrogen (secondary N) is 2. The number of imide groups is 1. The summed E-state index contributed by atoms with van der Waals surface area (Å²) in [6, 6.07) is 3.78. The number of carboxylic acid groups (broad SMARTS) is 1. The zero-order valence-corrected chi connectivity index (χ0v) is 13.5. The molecule has 3 N–H and O–H groups in total. The van der Waals surface area contributed by atoms with E-state index in [-0.39, 0.29) is 36.4 Å². The fraction of sp³-hybridized carbons (Fsp3) is 0.375. The van der Waals surface area contributed by atoms with Gasteiger partial charge in [-0.15, -0.1) is 0 Å². The second-order valence-corrected chi connectivity index (χ2v) is 5.71. The van der Waals surface area contributed by atoms with Gasteiger partial charge in [-0.2, -0.15) is 0 Å². The van der Waals surface area contributed by atoms with Gasteiger partial charge in [0.2, 0.25) is 0 Å². The molecule has 0 radical (unpaired) electrons. The first-order valence-electron chi connectivity index (χ1n) is 7.60. The molecule has 128 valence electrons. The molecule has 0 saturated carbocycles. The third kappa shape index (κ3) is 3.70. The van der Waals surface area contributed by atoms with Gasteiger partial charge in [-0.25, -0.2) is 4.79 Å². The molecule has 24 heavy (non-hydrogen) atoms. The minimum Gasteiger partial charge on any atom is -0.481 e. The van der Waals surface area contributed by atoms with Gasteiger partial charge in [0.15, 0.2) is 0 Å². The van der Waals surface area contributed by atoms with Gasteiger partial charge in [0.1, 0.15) is 0 Å². The number of nitrogens with zero attached hydrogens (tertiary/aromatic N) is 1. The molecule has 1 aliphatic rings. The van der Waals surface area contributed by atoms with Crippen LogP contribution in [0.4, 0.5) is 10.5 Å². The van der Waals surface area contributed by atoms with E-state index < -0.39 is 12.0 Å². The number of amides is 4. The molecule has 8 heteroatoms. The summed E-state index contributed by atoms with van der Waals surface area (Å²) < 4.78 is 0. The predicted molar refractivity (Wildman–Crippen MR) is 86.0 cm³/mol. The Hall–Kier alpha value is -2.90. The van der Waals surface area contributed by atoms with Crippen LogP contribution in [0.15, 0.2) is 18.2 Å². The second kappa shape index (κ2) is 7.12. The normalized spacial score (nSPS) is 13.2. The third-order valence-corrected chi connectivity index (χ3v) is 3.55. The molecule has 0 unspecified atom stereocenters. The van der Waals surface area contributed by atoms with Crippen LogP contribution < -0.4 is 10.6 Å². The van der Waals surface area contributed by atoms with Crippen molar-refractivity contribution in [1.82, 2.24) is 10.2 Å². The van der Waals surface area contributed by atoms with Crippen molar-refractivity contribution in [3.05, 3.63) is 29.3 Å². The Morgan fingerprint density at radius 3 is 2.46 bits per heavy atom. The minimum absolute atomic E-state index is 0.0270. The molecule has 0 bridgehead atoms. The minimum atomic E-state index is -0.922. The highest BCUT2D eigenvalue weighted by atomic mass is 16.4. The summed E-state index contributed by atoms with van der Waals surface area (Å²) in [5.74, 6) is -1.64. The summed E-state index contributed by atoms with van der Waals surface area (Å²) in [4.78, 5) is 47.8. The second-order valence-electron chi connectivity index (χ2n) is 5.71. The van der Waals surface area contributed by atoms with E-state index in [0.717, 1.165) is 0 Å². The SMILES string of the molecule is CC(C)N1C(=O)c2ccc(NC(=O)NCCCC(=O)O)cc2C1=O. The molecule has 0 fully saturated rings. The summed E-state index contributed by atoms with van der Waals surface area (Å²) in [7, 11) is 0. The van der Waals surface area contributed by atoms with E-state index in [1.807, 2.05) is 0 Å². The quantitative estimate of drug-likeness (QED) is 0.541. The van der Waals surface area contributed by atoms with Gasteiger partial charge in [-0.1, -0.05) is 0 Å². The number of carbonyl (C=O) groups is 4. The highest BCUT2D eigenvalue weighted by molar-refractivity contribution is 6.22. The molecule has 1 heterocycles. The zero-order valence-electron chi connectivity index (χ0n) is 13.5. The Bertz CT molecular complexity index is 699. The average molecular weight is 333 g/mol. The number of rotatable bonds is 6. The monoisotopic (exact) mass is 333 g/mol. The highest BCUT2D eigenvalue weighted by Crippen LogP contribution is 2.27. The molecule has 1 aliphatic heterocycles. The molecule has 8 nitrogen and oxygen atoms in total. The molecule has 0 saturated heterocycles. The van der Waals surface area contributed by atoms with Crippen molar-refractivity contribution >= 4 is 29.5 Å². The average Bonchev–Trinajstić information content (AvgIpc) is 2.75. The van der Waals surface area contributed by atoms with E-state index in [9.17, 15) is 19.2 Å². The van der Waals surface area contributed by atoms with Crippen LogP contribution in [0.5, 0.6) is 0 Å². The van der Waals surface area contributed by atoms with E-state index in [1.54, 1.807) is 19.9 Å². The number of fused-ring (bicyclic) bond motifs is 1. The lowest BCUT2D eigenvalue weighted by molar-refractivity contribution is -0.137. The molecule has 0 spiro atoms. The van der Waals surface area contributed by atoms with Crippen molar-refractivity contribution in [3.8, 4) is 0 Å². The summed E-state index contributed by atoms with van der Waals surface area (Å²) >= 11 is 0. The smallest absolute Gasteiger partial charge is 0.319 e. The first-order chi connectivity index (χ1) is 11.3. The van der Waals surface area contributed by atoms with Crippen LogP contribution in [-0.4, -0.2) is 46.4 Å². The Balaban J connectivity index is 2.00. The van der Waals surface area contributed by atoms with Crippen LogP contribution in [0.1, 0.15) is 47.4 Å². The van der Waals surface area contributed by atoms with E-state index >= 15 is 0 Å². The Labute approximate surface area is 138 Å². The zero-order chi connectivity index (χ0) is 17.9. The maximum atomic E-state index is 12.3. The fourth-order valence-electron chi connectivity index (χ4n) is 2.42. The van der Waals surface area contributed by atoms with Crippen molar-refractivity contribution in [1.29, 1.82) is 0 Å². The van der Waals surface area contributed by atoms with E-state index in [0.29, 0.717) is 17.7 Å². The van der Waals surface area contributed by atoms with Crippen LogP contribution in [0.25, 0.3) is 0 Å². The number of urea groups is 1. The van der Waals surface area contributed by atoms with Gasteiger partial charge in [0, 0.05) is 24.7 Å². The van der Waals surface area contributed by atoms with Gasteiger partial charge in [-0.3, -0.25) is 19.3 Å². The van der Waals surface area contributed by atoms with Crippen molar-refractivity contribution in [2.24, 2.45) is 0 Å². The molecule has 0 aromatic heterocycles. The predicted octanol–water partition coefficient (Wildman–Crippen LogP) is 1.68.